The van der Waals surface area contributed by atoms with Crippen molar-refractivity contribution in [2.75, 3.05) is 0 Å². The normalized spacial score (nSPS) is 12.7. The topological polar surface area (TPSA) is 64.7 Å². The highest BCUT2D eigenvalue weighted by Gasteiger charge is 2.30. The molecule has 0 aromatic heterocycles. The SMILES string of the molecule is C=Cc1cc2cccc3c2c(c1C=C)C(=O)C(C#N)=C3C#N. The van der Waals surface area contributed by atoms with Gasteiger partial charge in [0.2, 0.25) is 5.78 Å². The number of rotatable bonds is 2. The van der Waals surface area contributed by atoms with Gasteiger partial charge in [-0.3, -0.25) is 4.79 Å². The summed E-state index contributed by atoms with van der Waals surface area (Å²) in [7, 11) is 0. The van der Waals surface area contributed by atoms with Crippen molar-refractivity contribution in [1.82, 2.24) is 0 Å². The summed E-state index contributed by atoms with van der Waals surface area (Å²) in [5.74, 6) is -0.429. The molecule has 0 atom stereocenters. The average molecular weight is 282 g/mol. The van der Waals surface area contributed by atoms with E-state index < -0.39 is 5.78 Å². The van der Waals surface area contributed by atoms with Crippen LogP contribution in [0.3, 0.4) is 0 Å². The van der Waals surface area contributed by atoms with Crippen molar-refractivity contribution < 1.29 is 4.79 Å². The zero-order valence-electron chi connectivity index (χ0n) is 11.7. The molecule has 0 amide bonds. The number of Topliss-reactive ketones (excluding diaryl/α,β-unsaturated/α-hetero) is 1. The second-order valence-corrected chi connectivity index (χ2v) is 4.87. The van der Waals surface area contributed by atoms with Gasteiger partial charge in [0.05, 0.1) is 5.57 Å². The molecule has 0 spiro atoms. The second kappa shape index (κ2) is 4.84. The predicted octanol–water partition coefficient (Wildman–Crippen LogP) is 4.12. The van der Waals surface area contributed by atoms with Crippen LogP contribution in [0.15, 0.2) is 43.0 Å². The third kappa shape index (κ3) is 1.57. The van der Waals surface area contributed by atoms with Crippen molar-refractivity contribution in [1.29, 1.82) is 10.5 Å². The van der Waals surface area contributed by atoms with Gasteiger partial charge in [-0.1, -0.05) is 43.5 Å². The smallest absolute Gasteiger partial charge is 0.206 e. The van der Waals surface area contributed by atoms with Crippen LogP contribution in [0.4, 0.5) is 0 Å². The van der Waals surface area contributed by atoms with Crippen molar-refractivity contribution >= 4 is 34.3 Å². The molecule has 0 radical (unpaired) electrons. The lowest BCUT2D eigenvalue weighted by Gasteiger charge is -2.20. The molecule has 0 aliphatic heterocycles. The van der Waals surface area contributed by atoms with Crippen LogP contribution >= 0.6 is 0 Å². The molecule has 3 heteroatoms. The first-order valence-corrected chi connectivity index (χ1v) is 6.62. The number of nitriles is 2. The molecule has 0 saturated carbocycles. The summed E-state index contributed by atoms with van der Waals surface area (Å²) < 4.78 is 0. The highest BCUT2D eigenvalue weighted by Crippen LogP contribution is 2.39. The van der Waals surface area contributed by atoms with Crippen LogP contribution in [0.25, 0.3) is 28.5 Å². The van der Waals surface area contributed by atoms with E-state index in [1.165, 1.54) is 0 Å². The lowest BCUT2D eigenvalue weighted by Crippen LogP contribution is -2.14. The van der Waals surface area contributed by atoms with Gasteiger partial charge in [0.25, 0.3) is 0 Å². The van der Waals surface area contributed by atoms with Gasteiger partial charge >= 0.3 is 0 Å². The van der Waals surface area contributed by atoms with Crippen molar-refractivity contribution in [2.24, 2.45) is 0 Å². The Balaban J connectivity index is 2.64. The average Bonchev–Trinajstić information content (AvgIpc) is 2.56. The molecule has 0 heterocycles. The largest absolute Gasteiger partial charge is 0.288 e. The van der Waals surface area contributed by atoms with E-state index in [9.17, 15) is 15.3 Å². The monoisotopic (exact) mass is 282 g/mol. The van der Waals surface area contributed by atoms with Crippen LogP contribution in [0.5, 0.6) is 0 Å². The number of carbonyl (C=O) groups excluding carboxylic acids is 1. The summed E-state index contributed by atoms with van der Waals surface area (Å²) in [6, 6.07) is 11.2. The molecule has 2 aromatic carbocycles. The molecule has 22 heavy (non-hydrogen) atoms. The molecule has 102 valence electrons. The summed E-state index contributed by atoms with van der Waals surface area (Å²) in [6.07, 6.45) is 3.25. The van der Waals surface area contributed by atoms with Gasteiger partial charge in [0.15, 0.2) is 0 Å². The Morgan fingerprint density at radius 2 is 1.77 bits per heavy atom. The van der Waals surface area contributed by atoms with E-state index in [-0.39, 0.29) is 11.1 Å². The lowest BCUT2D eigenvalue weighted by atomic mass is 9.80. The fraction of sp³-hybridized carbons (Fsp3) is 0. The van der Waals surface area contributed by atoms with Crippen LogP contribution in [0, 0.1) is 22.7 Å². The maximum absolute atomic E-state index is 12.7. The number of nitrogens with zero attached hydrogens (tertiary/aromatic N) is 2. The van der Waals surface area contributed by atoms with Crippen molar-refractivity contribution in [2.45, 2.75) is 0 Å². The van der Waals surface area contributed by atoms with Crippen LogP contribution in [0.1, 0.15) is 27.0 Å². The van der Waals surface area contributed by atoms with Gasteiger partial charge in [0.1, 0.15) is 17.7 Å². The summed E-state index contributed by atoms with van der Waals surface area (Å²) in [5.41, 5.74) is 2.47. The Morgan fingerprint density at radius 1 is 1.05 bits per heavy atom. The number of allylic oxidation sites excluding steroid dienone is 2. The van der Waals surface area contributed by atoms with Crippen LogP contribution in [0.2, 0.25) is 0 Å². The maximum Gasteiger partial charge on any atom is 0.206 e. The van der Waals surface area contributed by atoms with Gasteiger partial charge in [-0.25, -0.2) is 0 Å². The van der Waals surface area contributed by atoms with Crippen molar-refractivity contribution in [3.05, 3.63) is 65.3 Å². The standard InChI is InChI=1S/C19H10N2O/c1-3-11-8-12-6-5-7-14-15(9-20)16(10-21)19(22)18(17(12)14)13(11)4-2/h3-8H,1-2H2. The fourth-order valence-electron chi connectivity index (χ4n) is 2.92. The minimum absolute atomic E-state index is 0.119. The Labute approximate surface area is 127 Å². The third-order valence-corrected chi connectivity index (χ3v) is 3.86. The molecular weight excluding hydrogens is 272 g/mol. The molecule has 2 aromatic rings. The van der Waals surface area contributed by atoms with E-state index in [4.69, 9.17) is 0 Å². The molecule has 3 rings (SSSR count). The molecular formula is C19H10N2O. The van der Waals surface area contributed by atoms with Gasteiger partial charge in [0, 0.05) is 16.5 Å². The summed E-state index contributed by atoms with van der Waals surface area (Å²) in [4.78, 5) is 12.7. The molecule has 0 unspecified atom stereocenters. The van der Waals surface area contributed by atoms with E-state index in [1.807, 2.05) is 30.3 Å². The van der Waals surface area contributed by atoms with Crippen LogP contribution < -0.4 is 0 Å². The molecule has 1 aliphatic rings. The minimum Gasteiger partial charge on any atom is -0.288 e. The molecule has 0 saturated heterocycles. The predicted molar refractivity (Wildman–Crippen MR) is 86.6 cm³/mol. The number of hydrogen-bond donors (Lipinski definition) is 0. The Kier molecular flexibility index (Phi) is 2.98. The van der Waals surface area contributed by atoms with Crippen LogP contribution in [-0.4, -0.2) is 5.78 Å². The first kappa shape index (κ1) is 13.5. The summed E-state index contributed by atoms with van der Waals surface area (Å²) in [5, 5.41) is 20.2. The third-order valence-electron chi connectivity index (χ3n) is 3.86. The second-order valence-electron chi connectivity index (χ2n) is 4.87. The van der Waals surface area contributed by atoms with Gasteiger partial charge in [-0.2, -0.15) is 10.5 Å². The summed E-state index contributed by atoms with van der Waals surface area (Å²) >= 11 is 0. The summed E-state index contributed by atoms with van der Waals surface area (Å²) in [6.45, 7) is 7.54. The Hall–Kier alpha value is -3.43. The molecule has 1 aliphatic carbocycles. The van der Waals surface area contributed by atoms with Crippen LogP contribution in [-0.2, 0) is 0 Å². The number of hydrogen-bond acceptors (Lipinski definition) is 3. The zero-order chi connectivity index (χ0) is 15.9. The molecule has 0 N–H and O–H groups in total. The number of ketones is 1. The van der Waals surface area contributed by atoms with E-state index in [0.717, 1.165) is 10.9 Å². The highest BCUT2D eigenvalue weighted by atomic mass is 16.1. The fourth-order valence-corrected chi connectivity index (χ4v) is 2.92. The van der Waals surface area contributed by atoms with Gasteiger partial charge in [-0.05, 0) is 22.6 Å². The Morgan fingerprint density at radius 3 is 2.36 bits per heavy atom. The van der Waals surface area contributed by atoms with E-state index >= 15 is 0 Å². The van der Waals surface area contributed by atoms with Crippen molar-refractivity contribution in [3.8, 4) is 12.1 Å². The first-order valence-electron chi connectivity index (χ1n) is 6.62. The molecule has 0 bridgehead atoms. The van der Waals surface area contributed by atoms with Gasteiger partial charge < -0.3 is 0 Å². The minimum atomic E-state index is -0.429. The molecule has 0 fully saturated rings. The quantitative estimate of drug-likeness (QED) is 0.832. The zero-order valence-corrected chi connectivity index (χ0v) is 11.7. The number of carbonyl (C=O) groups is 1. The maximum atomic E-state index is 12.7. The van der Waals surface area contributed by atoms with E-state index in [0.29, 0.717) is 22.1 Å². The first-order chi connectivity index (χ1) is 10.7. The van der Waals surface area contributed by atoms with Gasteiger partial charge in [-0.15, -0.1) is 0 Å². The highest BCUT2D eigenvalue weighted by molar-refractivity contribution is 6.29. The lowest BCUT2D eigenvalue weighted by molar-refractivity contribution is 0.104. The van der Waals surface area contributed by atoms with Crippen molar-refractivity contribution in [3.63, 3.8) is 0 Å². The molecule has 3 nitrogen and oxygen atoms in total. The Bertz CT molecular complexity index is 995. The van der Waals surface area contributed by atoms with E-state index in [1.54, 1.807) is 18.2 Å². The van der Waals surface area contributed by atoms with E-state index in [2.05, 4.69) is 13.2 Å². The number of benzene rings is 2.